The molecule has 7 rings (SSSR count). The summed E-state index contributed by atoms with van der Waals surface area (Å²) in [5, 5.41) is 14.8. The lowest BCUT2D eigenvalue weighted by Crippen LogP contribution is -2.58. The minimum atomic E-state index is -1.82. The van der Waals surface area contributed by atoms with Gasteiger partial charge in [0.05, 0.1) is 11.5 Å². The van der Waals surface area contributed by atoms with Crippen molar-refractivity contribution in [2.24, 2.45) is 40.4 Å². The standard InChI is InChI=1S/C34H39NO5/c1-32-17-16-24-22(23(32)14-15-29(32)40-30(37)20-8-4-3-5-9-20)13-12-21-18-28(36)26(19-33(21,24)2)34(39)25-10-6-7-11-27(25)35-31(34)38/h3-11,21-24,26,29,39H,12-19H2,1-2H3,(H,35,38)/t21-,22-,23-,24-,26-,29-,32-,33-,34+/m0/s1. The van der Waals surface area contributed by atoms with Crippen LogP contribution in [0.5, 0.6) is 0 Å². The lowest BCUT2D eigenvalue weighted by molar-refractivity contribution is -0.172. The zero-order valence-corrected chi connectivity index (χ0v) is 23.4. The molecule has 4 aliphatic carbocycles. The summed E-state index contributed by atoms with van der Waals surface area (Å²) in [6, 6.07) is 16.5. The number of benzene rings is 2. The first-order chi connectivity index (χ1) is 19.2. The molecule has 2 aromatic carbocycles. The number of ether oxygens (including phenoxy) is 1. The van der Waals surface area contributed by atoms with E-state index < -0.39 is 17.4 Å². The molecule has 1 heterocycles. The van der Waals surface area contributed by atoms with E-state index in [1.807, 2.05) is 42.5 Å². The number of esters is 1. The highest BCUT2D eigenvalue weighted by Crippen LogP contribution is 2.67. The molecule has 5 aliphatic rings. The first kappa shape index (κ1) is 25.9. The van der Waals surface area contributed by atoms with Crippen molar-refractivity contribution in [1.29, 1.82) is 0 Å². The highest BCUT2D eigenvalue weighted by Gasteiger charge is 2.65. The van der Waals surface area contributed by atoms with Gasteiger partial charge in [0.1, 0.15) is 11.9 Å². The first-order valence-electron chi connectivity index (χ1n) is 15.1. The summed E-state index contributed by atoms with van der Waals surface area (Å²) in [4.78, 5) is 39.8. The topological polar surface area (TPSA) is 92.7 Å². The molecule has 6 heteroatoms. The SMILES string of the molecule is C[C@]12C[C@H]([C@@]3(O)C(=O)Nc4ccccc43)C(=O)C[C@@H]1CC[C@@H]1[C@@H]2CC[C@]2(C)[C@@H](OC(=O)c3ccccc3)CC[C@@H]12. The Morgan fingerprint density at radius 3 is 2.42 bits per heavy atom. The summed E-state index contributed by atoms with van der Waals surface area (Å²) in [5.74, 6) is 0.224. The Hall–Kier alpha value is -2.99. The maximum absolute atomic E-state index is 13.6. The Bertz CT molecular complexity index is 1370. The van der Waals surface area contributed by atoms with Crippen LogP contribution >= 0.6 is 0 Å². The predicted molar refractivity (Wildman–Crippen MR) is 150 cm³/mol. The van der Waals surface area contributed by atoms with Crippen LogP contribution in [-0.4, -0.2) is 28.9 Å². The van der Waals surface area contributed by atoms with Crippen LogP contribution in [-0.2, 0) is 19.9 Å². The molecule has 6 nitrogen and oxygen atoms in total. The molecular weight excluding hydrogens is 502 g/mol. The molecule has 0 radical (unpaired) electrons. The smallest absolute Gasteiger partial charge is 0.338 e. The monoisotopic (exact) mass is 541 g/mol. The number of para-hydroxylation sites is 1. The fourth-order valence-electron chi connectivity index (χ4n) is 10.0. The molecule has 0 unspecified atom stereocenters. The van der Waals surface area contributed by atoms with Crippen molar-refractivity contribution in [3.8, 4) is 0 Å². The van der Waals surface area contributed by atoms with Gasteiger partial charge in [-0.25, -0.2) is 4.79 Å². The summed E-state index contributed by atoms with van der Waals surface area (Å²) in [5.41, 5.74) is -0.266. The highest BCUT2D eigenvalue weighted by molar-refractivity contribution is 6.08. The van der Waals surface area contributed by atoms with Crippen molar-refractivity contribution in [1.82, 2.24) is 0 Å². The second kappa shape index (κ2) is 9.01. The average molecular weight is 542 g/mol. The van der Waals surface area contributed by atoms with Crippen LogP contribution in [0.25, 0.3) is 0 Å². The van der Waals surface area contributed by atoms with Gasteiger partial charge in [0, 0.05) is 23.1 Å². The van der Waals surface area contributed by atoms with E-state index in [0.717, 1.165) is 38.5 Å². The Morgan fingerprint density at radius 2 is 1.62 bits per heavy atom. The van der Waals surface area contributed by atoms with Crippen LogP contribution in [0.4, 0.5) is 5.69 Å². The normalized spacial score (nSPS) is 41.8. The van der Waals surface area contributed by atoms with Gasteiger partial charge < -0.3 is 15.2 Å². The van der Waals surface area contributed by atoms with Crippen molar-refractivity contribution < 1.29 is 24.2 Å². The number of hydrogen-bond donors (Lipinski definition) is 2. The fourth-order valence-corrected chi connectivity index (χ4v) is 10.0. The molecule has 2 N–H and O–H groups in total. The van der Waals surface area contributed by atoms with Crippen LogP contribution in [0, 0.1) is 40.4 Å². The van der Waals surface area contributed by atoms with Crippen molar-refractivity contribution in [3.05, 3.63) is 65.7 Å². The van der Waals surface area contributed by atoms with Crippen molar-refractivity contribution >= 4 is 23.3 Å². The van der Waals surface area contributed by atoms with Gasteiger partial charge in [0.25, 0.3) is 5.91 Å². The highest BCUT2D eigenvalue weighted by atomic mass is 16.5. The summed E-state index contributed by atoms with van der Waals surface area (Å²) in [6.45, 7) is 4.66. The number of fused-ring (bicyclic) bond motifs is 6. The second-order valence-electron chi connectivity index (χ2n) is 13.7. The largest absolute Gasteiger partial charge is 0.458 e. The molecule has 0 aromatic heterocycles. The number of hydrogen-bond acceptors (Lipinski definition) is 5. The maximum atomic E-state index is 13.6. The summed E-state index contributed by atoms with van der Waals surface area (Å²) < 4.78 is 6.18. The molecule has 1 amide bonds. The molecule has 0 saturated heterocycles. The third-order valence-corrected chi connectivity index (χ3v) is 12.2. The van der Waals surface area contributed by atoms with Gasteiger partial charge >= 0.3 is 5.97 Å². The second-order valence-corrected chi connectivity index (χ2v) is 13.7. The van der Waals surface area contributed by atoms with Crippen LogP contribution < -0.4 is 5.32 Å². The van der Waals surface area contributed by atoms with E-state index in [9.17, 15) is 19.5 Å². The third kappa shape index (κ3) is 3.54. The fraction of sp³-hybridized carbons (Fsp3) is 0.559. The molecule has 0 spiro atoms. The lowest BCUT2D eigenvalue weighted by Gasteiger charge is -2.61. The number of carbonyl (C=O) groups is 3. The Morgan fingerprint density at radius 1 is 0.900 bits per heavy atom. The van der Waals surface area contributed by atoms with Crippen LogP contribution in [0.1, 0.15) is 81.1 Å². The summed E-state index contributed by atoms with van der Waals surface area (Å²) in [6.07, 6.45) is 6.92. The van der Waals surface area contributed by atoms with Gasteiger partial charge in [-0.1, -0.05) is 50.2 Å². The van der Waals surface area contributed by atoms with E-state index in [2.05, 4.69) is 19.2 Å². The number of aliphatic hydroxyl groups is 1. The van der Waals surface area contributed by atoms with E-state index in [0.29, 0.717) is 47.4 Å². The average Bonchev–Trinajstić information content (AvgIpc) is 3.42. The van der Waals surface area contributed by atoms with Gasteiger partial charge in [-0.3, -0.25) is 9.59 Å². The van der Waals surface area contributed by atoms with E-state index in [-0.39, 0.29) is 34.6 Å². The number of nitrogens with one attached hydrogen (secondary N) is 1. The molecular formula is C34H39NO5. The number of amides is 1. The molecule has 210 valence electrons. The van der Waals surface area contributed by atoms with Gasteiger partial charge in [0.15, 0.2) is 5.60 Å². The van der Waals surface area contributed by atoms with Gasteiger partial charge in [-0.15, -0.1) is 0 Å². The molecule has 4 saturated carbocycles. The van der Waals surface area contributed by atoms with E-state index in [1.54, 1.807) is 12.1 Å². The van der Waals surface area contributed by atoms with E-state index >= 15 is 0 Å². The third-order valence-electron chi connectivity index (χ3n) is 12.2. The zero-order valence-electron chi connectivity index (χ0n) is 23.4. The molecule has 9 atom stereocenters. The lowest BCUT2D eigenvalue weighted by atomic mass is 9.43. The minimum absolute atomic E-state index is 0.0182. The molecule has 0 bridgehead atoms. The Kier molecular flexibility index (Phi) is 5.84. The van der Waals surface area contributed by atoms with E-state index in [4.69, 9.17) is 4.74 Å². The van der Waals surface area contributed by atoms with Gasteiger partial charge in [-0.2, -0.15) is 0 Å². The number of ketones is 1. The number of rotatable bonds is 3. The molecule has 4 fully saturated rings. The molecule has 40 heavy (non-hydrogen) atoms. The first-order valence-corrected chi connectivity index (χ1v) is 15.1. The predicted octanol–water partition coefficient (Wildman–Crippen LogP) is 5.89. The quantitative estimate of drug-likeness (QED) is 0.473. The maximum Gasteiger partial charge on any atom is 0.338 e. The van der Waals surface area contributed by atoms with Crippen molar-refractivity contribution in [2.75, 3.05) is 5.32 Å². The summed E-state index contributed by atoms with van der Waals surface area (Å²) >= 11 is 0. The van der Waals surface area contributed by atoms with Crippen LogP contribution in [0.2, 0.25) is 0 Å². The number of anilines is 1. The van der Waals surface area contributed by atoms with Gasteiger partial charge in [-0.05, 0) is 92.2 Å². The summed E-state index contributed by atoms with van der Waals surface area (Å²) in [7, 11) is 0. The zero-order chi connectivity index (χ0) is 27.9. The minimum Gasteiger partial charge on any atom is -0.458 e. The van der Waals surface area contributed by atoms with Crippen molar-refractivity contribution in [3.63, 3.8) is 0 Å². The number of carbonyl (C=O) groups excluding carboxylic acids is 3. The Labute approximate surface area is 235 Å². The van der Waals surface area contributed by atoms with Gasteiger partial charge in [0.2, 0.25) is 0 Å². The van der Waals surface area contributed by atoms with Crippen molar-refractivity contribution in [2.45, 2.75) is 76.9 Å². The van der Waals surface area contributed by atoms with Crippen LogP contribution in [0.3, 0.4) is 0 Å². The Balaban J connectivity index is 1.15. The molecule has 1 aliphatic heterocycles. The number of Topliss-reactive ketones (excluding diaryl/α,β-unsaturated/α-hetero) is 1. The molecule has 2 aromatic rings. The van der Waals surface area contributed by atoms with Crippen LogP contribution in [0.15, 0.2) is 54.6 Å². The van der Waals surface area contributed by atoms with E-state index in [1.165, 1.54) is 0 Å².